The van der Waals surface area contributed by atoms with E-state index in [1.165, 1.54) is 12.1 Å². The van der Waals surface area contributed by atoms with E-state index in [-0.39, 0.29) is 17.8 Å². The first-order valence-electron chi connectivity index (χ1n) is 6.90. The summed E-state index contributed by atoms with van der Waals surface area (Å²) in [6, 6.07) is 5.98. The third-order valence-corrected chi connectivity index (χ3v) is 3.91. The molecule has 1 aliphatic rings. The smallest absolute Gasteiger partial charge is 0.123 e. The summed E-state index contributed by atoms with van der Waals surface area (Å²) in [6.07, 6.45) is 1.19. The van der Waals surface area contributed by atoms with Crippen molar-refractivity contribution in [2.24, 2.45) is 5.92 Å². The molecule has 0 spiro atoms. The molecule has 3 atom stereocenters. The zero-order chi connectivity index (χ0) is 13.8. The van der Waals surface area contributed by atoms with Crippen LogP contribution in [0.3, 0.4) is 0 Å². The highest BCUT2D eigenvalue weighted by atomic mass is 19.1. The van der Waals surface area contributed by atoms with Gasteiger partial charge in [0.2, 0.25) is 0 Å². The van der Waals surface area contributed by atoms with Gasteiger partial charge < -0.3 is 15.1 Å². The normalized spacial score (nSPS) is 24.1. The van der Waals surface area contributed by atoms with Crippen molar-refractivity contribution >= 4 is 0 Å². The average Bonchev–Trinajstić information content (AvgIpc) is 2.39. The van der Waals surface area contributed by atoms with Crippen LogP contribution in [-0.4, -0.2) is 40.9 Å². The summed E-state index contributed by atoms with van der Waals surface area (Å²) in [5.74, 6) is -0.00254. The SMILES string of the molecule is CC(O)C1CCCN(CC(O)c2ccc(F)cc2)C1. The summed E-state index contributed by atoms with van der Waals surface area (Å²) in [5.41, 5.74) is 0.737. The van der Waals surface area contributed by atoms with E-state index in [1.807, 2.05) is 6.92 Å². The molecule has 2 N–H and O–H groups in total. The van der Waals surface area contributed by atoms with Gasteiger partial charge in [0.1, 0.15) is 5.82 Å². The van der Waals surface area contributed by atoms with Crippen molar-refractivity contribution in [1.82, 2.24) is 4.90 Å². The predicted octanol–water partition coefficient (Wildman–Crippen LogP) is 1.95. The lowest BCUT2D eigenvalue weighted by Crippen LogP contribution is -2.41. The van der Waals surface area contributed by atoms with Gasteiger partial charge in [-0.25, -0.2) is 4.39 Å². The maximum atomic E-state index is 12.8. The Kier molecular flexibility index (Phi) is 4.91. The molecule has 4 heteroatoms. The second-order valence-electron chi connectivity index (χ2n) is 5.47. The van der Waals surface area contributed by atoms with E-state index in [0.29, 0.717) is 6.54 Å². The van der Waals surface area contributed by atoms with E-state index < -0.39 is 6.10 Å². The number of β-amino-alcohol motifs (C(OH)–C–C–N with tert-alkyl or cyclic N) is 1. The molecule has 1 heterocycles. The van der Waals surface area contributed by atoms with Gasteiger partial charge in [-0.2, -0.15) is 0 Å². The number of benzene rings is 1. The van der Waals surface area contributed by atoms with Crippen molar-refractivity contribution in [2.45, 2.75) is 32.0 Å². The van der Waals surface area contributed by atoms with Gasteiger partial charge in [-0.05, 0) is 49.9 Å². The summed E-state index contributed by atoms with van der Waals surface area (Å²) < 4.78 is 12.8. The quantitative estimate of drug-likeness (QED) is 0.876. The monoisotopic (exact) mass is 267 g/mol. The number of aliphatic hydroxyl groups is 2. The van der Waals surface area contributed by atoms with Crippen LogP contribution in [0.5, 0.6) is 0 Å². The highest BCUT2D eigenvalue weighted by Crippen LogP contribution is 2.22. The van der Waals surface area contributed by atoms with E-state index in [2.05, 4.69) is 4.90 Å². The highest BCUT2D eigenvalue weighted by molar-refractivity contribution is 5.18. The summed E-state index contributed by atoms with van der Waals surface area (Å²) in [6.45, 7) is 4.12. The first-order chi connectivity index (χ1) is 9.06. The lowest BCUT2D eigenvalue weighted by Gasteiger charge is -2.35. The number of halogens is 1. The van der Waals surface area contributed by atoms with E-state index in [1.54, 1.807) is 12.1 Å². The number of piperidine rings is 1. The molecule has 0 amide bonds. The van der Waals surface area contributed by atoms with Gasteiger partial charge in [0, 0.05) is 13.1 Å². The fourth-order valence-corrected chi connectivity index (χ4v) is 2.69. The van der Waals surface area contributed by atoms with Crippen LogP contribution in [0.1, 0.15) is 31.4 Å². The molecule has 1 fully saturated rings. The number of hydrogen-bond acceptors (Lipinski definition) is 3. The third-order valence-electron chi connectivity index (χ3n) is 3.91. The second kappa shape index (κ2) is 6.46. The van der Waals surface area contributed by atoms with Crippen molar-refractivity contribution in [1.29, 1.82) is 0 Å². The van der Waals surface area contributed by atoms with Gasteiger partial charge in [-0.3, -0.25) is 0 Å². The molecule has 1 aliphatic heterocycles. The molecule has 3 nitrogen and oxygen atoms in total. The van der Waals surface area contributed by atoms with Crippen molar-refractivity contribution in [2.75, 3.05) is 19.6 Å². The molecule has 1 saturated heterocycles. The van der Waals surface area contributed by atoms with E-state index in [9.17, 15) is 14.6 Å². The Morgan fingerprint density at radius 1 is 1.32 bits per heavy atom. The molecule has 0 bridgehead atoms. The Bertz CT molecular complexity index is 394. The average molecular weight is 267 g/mol. The first kappa shape index (κ1) is 14.4. The number of aliphatic hydroxyl groups excluding tert-OH is 2. The van der Waals surface area contributed by atoms with Crippen LogP contribution in [0.4, 0.5) is 4.39 Å². The van der Waals surface area contributed by atoms with Crippen LogP contribution in [-0.2, 0) is 0 Å². The largest absolute Gasteiger partial charge is 0.393 e. The Hall–Kier alpha value is -0.970. The minimum absolute atomic E-state index is 0.286. The van der Waals surface area contributed by atoms with Gasteiger partial charge in [0.15, 0.2) is 0 Å². The van der Waals surface area contributed by atoms with Gasteiger partial charge >= 0.3 is 0 Å². The predicted molar refractivity (Wildman–Crippen MR) is 72.2 cm³/mol. The minimum Gasteiger partial charge on any atom is -0.393 e. The molecular weight excluding hydrogens is 245 g/mol. The van der Waals surface area contributed by atoms with Crippen LogP contribution in [0, 0.1) is 11.7 Å². The molecule has 3 unspecified atom stereocenters. The fraction of sp³-hybridized carbons (Fsp3) is 0.600. The minimum atomic E-state index is -0.603. The molecule has 19 heavy (non-hydrogen) atoms. The van der Waals surface area contributed by atoms with Gasteiger partial charge in [0.05, 0.1) is 12.2 Å². The maximum Gasteiger partial charge on any atom is 0.123 e. The third kappa shape index (κ3) is 4.00. The van der Waals surface area contributed by atoms with E-state index in [0.717, 1.165) is 31.5 Å². The van der Waals surface area contributed by atoms with Gasteiger partial charge in [-0.1, -0.05) is 12.1 Å². The summed E-state index contributed by atoms with van der Waals surface area (Å²) >= 11 is 0. The lowest BCUT2D eigenvalue weighted by molar-refractivity contribution is 0.0377. The standard InChI is InChI=1S/C15H22FNO2/c1-11(18)13-3-2-8-17(9-13)10-15(19)12-4-6-14(16)7-5-12/h4-7,11,13,15,18-19H,2-3,8-10H2,1H3. The zero-order valence-corrected chi connectivity index (χ0v) is 11.3. The van der Waals surface area contributed by atoms with Crippen LogP contribution >= 0.6 is 0 Å². The zero-order valence-electron chi connectivity index (χ0n) is 11.3. The Balaban J connectivity index is 1.91. The molecule has 106 valence electrons. The van der Waals surface area contributed by atoms with Crippen LogP contribution in [0.15, 0.2) is 24.3 Å². The Morgan fingerprint density at radius 2 is 2.00 bits per heavy atom. The summed E-state index contributed by atoms with van der Waals surface area (Å²) in [7, 11) is 0. The molecule has 0 aliphatic carbocycles. The first-order valence-corrected chi connectivity index (χ1v) is 6.90. The topological polar surface area (TPSA) is 43.7 Å². The highest BCUT2D eigenvalue weighted by Gasteiger charge is 2.24. The van der Waals surface area contributed by atoms with Crippen LogP contribution < -0.4 is 0 Å². The van der Waals surface area contributed by atoms with Gasteiger partial charge in [-0.15, -0.1) is 0 Å². The molecule has 1 aromatic rings. The Labute approximate surface area is 113 Å². The molecule has 0 radical (unpaired) electrons. The molecule has 0 aromatic heterocycles. The van der Waals surface area contributed by atoms with Crippen molar-refractivity contribution in [3.63, 3.8) is 0 Å². The molecule has 0 saturated carbocycles. The molecular formula is C15H22FNO2. The molecule has 2 rings (SSSR count). The number of rotatable bonds is 4. The van der Waals surface area contributed by atoms with Crippen molar-refractivity contribution in [3.8, 4) is 0 Å². The van der Waals surface area contributed by atoms with Gasteiger partial charge in [0.25, 0.3) is 0 Å². The maximum absolute atomic E-state index is 12.8. The van der Waals surface area contributed by atoms with E-state index in [4.69, 9.17) is 0 Å². The Morgan fingerprint density at radius 3 is 2.63 bits per heavy atom. The second-order valence-corrected chi connectivity index (χ2v) is 5.47. The number of nitrogens with zero attached hydrogens (tertiary/aromatic N) is 1. The molecule has 1 aromatic carbocycles. The van der Waals surface area contributed by atoms with Crippen molar-refractivity contribution in [3.05, 3.63) is 35.6 Å². The summed E-state index contributed by atoms with van der Waals surface area (Å²) in [4.78, 5) is 2.18. The summed E-state index contributed by atoms with van der Waals surface area (Å²) in [5, 5.41) is 19.8. The fourth-order valence-electron chi connectivity index (χ4n) is 2.69. The van der Waals surface area contributed by atoms with E-state index >= 15 is 0 Å². The lowest BCUT2D eigenvalue weighted by atomic mass is 9.93. The van der Waals surface area contributed by atoms with Crippen LogP contribution in [0.2, 0.25) is 0 Å². The van der Waals surface area contributed by atoms with Crippen LogP contribution in [0.25, 0.3) is 0 Å². The number of hydrogen-bond donors (Lipinski definition) is 2. The number of likely N-dealkylation sites (tertiary alicyclic amines) is 1. The van der Waals surface area contributed by atoms with Crippen molar-refractivity contribution < 1.29 is 14.6 Å².